The van der Waals surface area contributed by atoms with Crippen molar-refractivity contribution in [2.75, 3.05) is 0 Å². The topological polar surface area (TPSA) is 42.0 Å². The van der Waals surface area contributed by atoms with Gasteiger partial charge < -0.3 is 5.32 Å². The molecule has 1 aromatic heterocycles. The summed E-state index contributed by atoms with van der Waals surface area (Å²) in [7, 11) is 0. The van der Waals surface area contributed by atoms with Crippen molar-refractivity contribution < 1.29 is 4.79 Å². The van der Waals surface area contributed by atoms with E-state index in [1.54, 1.807) is 6.20 Å². The van der Waals surface area contributed by atoms with E-state index in [0.29, 0.717) is 12.5 Å². The molecule has 1 N–H and O–H groups in total. The molecule has 110 valence electrons. The Morgan fingerprint density at radius 3 is 2.38 bits per heavy atom. The lowest BCUT2D eigenvalue weighted by molar-refractivity contribution is 0.0950. The maximum absolute atomic E-state index is 12.4. The average Bonchev–Trinajstić information content (AvgIpc) is 2.53. The third-order valence-corrected chi connectivity index (χ3v) is 3.57. The molecule has 0 spiro atoms. The van der Waals surface area contributed by atoms with Crippen LogP contribution in [0.1, 0.15) is 48.3 Å². The quantitative estimate of drug-likeness (QED) is 0.824. The minimum absolute atomic E-state index is 0.112. The predicted octanol–water partition coefficient (Wildman–Crippen LogP) is 3.57. The SMILES string of the molecule is CC(NCc1ccccn1)C(=O)c1ccc(C(C)C)cc1. The maximum atomic E-state index is 12.4. The molecule has 0 aliphatic carbocycles. The number of nitrogens with one attached hydrogen (secondary N) is 1. The van der Waals surface area contributed by atoms with Gasteiger partial charge in [-0.3, -0.25) is 9.78 Å². The van der Waals surface area contributed by atoms with E-state index in [-0.39, 0.29) is 11.8 Å². The Morgan fingerprint density at radius 1 is 1.10 bits per heavy atom. The number of Topliss-reactive ketones (excluding diaryl/α,β-unsaturated/α-hetero) is 1. The number of hydrogen-bond acceptors (Lipinski definition) is 3. The highest BCUT2D eigenvalue weighted by atomic mass is 16.1. The largest absolute Gasteiger partial charge is 0.302 e. The van der Waals surface area contributed by atoms with Crippen LogP contribution in [0, 0.1) is 0 Å². The van der Waals surface area contributed by atoms with E-state index < -0.39 is 0 Å². The zero-order valence-electron chi connectivity index (χ0n) is 12.8. The number of nitrogens with zero attached hydrogens (tertiary/aromatic N) is 1. The van der Waals surface area contributed by atoms with Crippen molar-refractivity contribution in [1.82, 2.24) is 10.3 Å². The molecule has 21 heavy (non-hydrogen) atoms. The third-order valence-electron chi connectivity index (χ3n) is 3.57. The molecule has 0 fully saturated rings. The second-order valence-electron chi connectivity index (χ2n) is 5.56. The smallest absolute Gasteiger partial charge is 0.179 e. The van der Waals surface area contributed by atoms with Crippen molar-refractivity contribution in [2.24, 2.45) is 0 Å². The zero-order valence-corrected chi connectivity index (χ0v) is 12.8. The van der Waals surface area contributed by atoms with Gasteiger partial charge >= 0.3 is 0 Å². The lowest BCUT2D eigenvalue weighted by Crippen LogP contribution is -2.33. The summed E-state index contributed by atoms with van der Waals surface area (Å²) in [4.78, 5) is 16.6. The molecule has 2 aromatic rings. The summed E-state index contributed by atoms with van der Waals surface area (Å²) in [5, 5.41) is 3.22. The van der Waals surface area contributed by atoms with Gasteiger partial charge in [-0.1, -0.05) is 44.2 Å². The van der Waals surface area contributed by atoms with Crippen LogP contribution in [0.15, 0.2) is 48.7 Å². The summed E-state index contributed by atoms with van der Waals surface area (Å²) < 4.78 is 0. The van der Waals surface area contributed by atoms with Gasteiger partial charge in [-0.25, -0.2) is 0 Å². The second kappa shape index (κ2) is 7.14. The van der Waals surface area contributed by atoms with Crippen LogP contribution in [0.25, 0.3) is 0 Å². The average molecular weight is 282 g/mol. The van der Waals surface area contributed by atoms with E-state index in [4.69, 9.17) is 0 Å². The fourth-order valence-electron chi connectivity index (χ4n) is 2.14. The van der Waals surface area contributed by atoms with Crippen LogP contribution in [-0.2, 0) is 6.54 Å². The van der Waals surface area contributed by atoms with Gasteiger partial charge in [-0.2, -0.15) is 0 Å². The first-order valence-corrected chi connectivity index (χ1v) is 7.35. The Balaban J connectivity index is 1.95. The van der Waals surface area contributed by atoms with E-state index in [0.717, 1.165) is 11.3 Å². The van der Waals surface area contributed by atoms with E-state index in [9.17, 15) is 4.79 Å². The molecule has 1 aromatic carbocycles. The molecular formula is C18H22N2O. The number of pyridine rings is 1. The Labute approximate surface area is 126 Å². The van der Waals surface area contributed by atoms with Crippen LogP contribution >= 0.6 is 0 Å². The summed E-state index contributed by atoms with van der Waals surface area (Å²) in [6.07, 6.45) is 1.76. The zero-order chi connectivity index (χ0) is 15.2. The second-order valence-corrected chi connectivity index (χ2v) is 5.56. The molecule has 3 nitrogen and oxygen atoms in total. The lowest BCUT2D eigenvalue weighted by atomic mass is 9.99. The highest BCUT2D eigenvalue weighted by Gasteiger charge is 2.14. The fraction of sp³-hybridized carbons (Fsp3) is 0.333. The monoisotopic (exact) mass is 282 g/mol. The van der Waals surface area contributed by atoms with E-state index in [1.165, 1.54) is 5.56 Å². The number of ketones is 1. The molecule has 2 rings (SSSR count). The molecule has 0 radical (unpaired) electrons. The highest BCUT2D eigenvalue weighted by molar-refractivity contribution is 5.99. The molecule has 0 amide bonds. The van der Waals surface area contributed by atoms with E-state index in [2.05, 4.69) is 24.1 Å². The first kappa shape index (κ1) is 15.4. The Kier molecular flexibility index (Phi) is 5.23. The maximum Gasteiger partial charge on any atom is 0.179 e. The molecule has 1 unspecified atom stereocenters. The molecule has 1 heterocycles. The Hall–Kier alpha value is -2.00. The molecular weight excluding hydrogens is 260 g/mol. The molecule has 3 heteroatoms. The predicted molar refractivity (Wildman–Crippen MR) is 85.4 cm³/mol. The van der Waals surface area contributed by atoms with Gasteiger partial charge in [0, 0.05) is 18.3 Å². The molecule has 0 saturated heterocycles. The number of carbonyl (C=O) groups excluding carboxylic acids is 1. The molecule has 0 aliphatic heterocycles. The van der Waals surface area contributed by atoms with Crippen molar-refractivity contribution in [3.8, 4) is 0 Å². The normalized spacial score (nSPS) is 12.4. The first-order valence-electron chi connectivity index (χ1n) is 7.35. The summed E-state index contributed by atoms with van der Waals surface area (Å²) in [5.74, 6) is 0.593. The number of hydrogen-bond donors (Lipinski definition) is 1. The number of aromatic nitrogens is 1. The minimum atomic E-state index is -0.225. The van der Waals surface area contributed by atoms with Crippen LogP contribution in [0.3, 0.4) is 0 Å². The molecule has 1 atom stereocenters. The third kappa shape index (κ3) is 4.23. The van der Waals surface area contributed by atoms with Gasteiger partial charge in [0.05, 0.1) is 11.7 Å². The van der Waals surface area contributed by atoms with Crippen LogP contribution in [-0.4, -0.2) is 16.8 Å². The van der Waals surface area contributed by atoms with Gasteiger partial charge in [0.15, 0.2) is 5.78 Å². The Bertz CT molecular complexity index is 576. The van der Waals surface area contributed by atoms with Gasteiger partial charge in [0.2, 0.25) is 0 Å². The summed E-state index contributed by atoms with van der Waals surface area (Å²) in [5.41, 5.74) is 2.94. The van der Waals surface area contributed by atoms with Crippen molar-refractivity contribution in [3.63, 3.8) is 0 Å². The van der Waals surface area contributed by atoms with Crippen molar-refractivity contribution in [1.29, 1.82) is 0 Å². The molecule has 0 bridgehead atoms. The summed E-state index contributed by atoms with van der Waals surface area (Å²) in [6, 6.07) is 13.4. The van der Waals surface area contributed by atoms with Crippen LogP contribution in [0.4, 0.5) is 0 Å². The summed E-state index contributed by atoms with van der Waals surface area (Å²) in [6.45, 7) is 6.78. The van der Waals surface area contributed by atoms with Crippen molar-refractivity contribution in [2.45, 2.75) is 39.3 Å². The summed E-state index contributed by atoms with van der Waals surface area (Å²) >= 11 is 0. The van der Waals surface area contributed by atoms with Gasteiger partial charge in [-0.15, -0.1) is 0 Å². The standard InChI is InChI=1S/C18H22N2O/c1-13(2)15-7-9-16(10-8-15)18(21)14(3)20-12-17-6-4-5-11-19-17/h4-11,13-14,20H,12H2,1-3H3. The van der Waals surface area contributed by atoms with E-state index in [1.807, 2.05) is 49.4 Å². The lowest BCUT2D eigenvalue weighted by Gasteiger charge is -2.13. The highest BCUT2D eigenvalue weighted by Crippen LogP contribution is 2.15. The molecule has 0 aliphatic rings. The Morgan fingerprint density at radius 2 is 1.81 bits per heavy atom. The van der Waals surface area contributed by atoms with Gasteiger partial charge in [-0.05, 0) is 30.5 Å². The first-order chi connectivity index (χ1) is 10.1. The fourth-order valence-corrected chi connectivity index (χ4v) is 2.14. The number of rotatable bonds is 6. The van der Waals surface area contributed by atoms with Crippen molar-refractivity contribution >= 4 is 5.78 Å². The van der Waals surface area contributed by atoms with Gasteiger partial charge in [0.25, 0.3) is 0 Å². The van der Waals surface area contributed by atoms with Gasteiger partial charge in [0.1, 0.15) is 0 Å². The van der Waals surface area contributed by atoms with Crippen LogP contribution in [0.5, 0.6) is 0 Å². The molecule has 0 saturated carbocycles. The number of carbonyl (C=O) groups is 1. The van der Waals surface area contributed by atoms with Crippen molar-refractivity contribution in [3.05, 3.63) is 65.5 Å². The van der Waals surface area contributed by atoms with Crippen LogP contribution < -0.4 is 5.32 Å². The number of benzene rings is 1. The van der Waals surface area contributed by atoms with Crippen LogP contribution in [0.2, 0.25) is 0 Å². The minimum Gasteiger partial charge on any atom is -0.302 e. The van der Waals surface area contributed by atoms with E-state index >= 15 is 0 Å².